The maximum atomic E-state index is 13.1. The van der Waals surface area contributed by atoms with E-state index < -0.39 is 6.04 Å². The average Bonchev–Trinajstić information content (AvgIpc) is 2.74. The van der Waals surface area contributed by atoms with Crippen LogP contribution in [0.5, 0.6) is 0 Å². The molecule has 2 aromatic carbocycles. The molecule has 0 aliphatic rings. The molecule has 2 rings (SSSR count). The standard InChI is InChI=1S/C25H34N2O2S/c1-6-20(4)26-25(29)21(5)27(15-22-11-7-18(2)8-12-22)24(28)17-30-16-23-13-9-19(3)10-14-23/h7-14,20-21H,6,15-17H2,1-5H3,(H,26,29). The first-order chi connectivity index (χ1) is 14.3. The first-order valence-corrected chi connectivity index (χ1v) is 11.7. The van der Waals surface area contributed by atoms with Gasteiger partial charge >= 0.3 is 0 Å². The topological polar surface area (TPSA) is 49.4 Å². The van der Waals surface area contributed by atoms with E-state index in [9.17, 15) is 9.59 Å². The summed E-state index contributed by atoms with van der Waals surface area (Å²) in [5, 5.41) is 3.01. The van der Waals surface area contributed by atoms with Gasteiger partial charge in [0.1, 0.15) is 6.04 Å². The number of thioether (sulfide) groups is 1. The lowest BCUT2D eigenvalue weighted by atomic mass is 10.1. The Morgan fingerprint density at radius 3 is 2.00 bits per heavy atom. The van der Waals surface area contributed by atoms with Gasteiger partial charge in [-0.3, -0.25) is 9.59 Å². The van der Waals surface area contributed by atoms with Crippen LogP contribution in [-0.2, 0) is 21.9 Å². The number of hydrogen-bond acceptors (Lipinski definition) is 3. The van der Waals surface area contributed by atoms with Crippen molar-refractivity contribution in [3.8, 4) is 0 Å². The van der Waals surface area contributed by atoms with Crippen LogP contribution in [0.15, 0.2) is 48.5 Å². The number of nitrogens with one attached hydrogen (secondary N) is 1. The second-order valence-corrected chi connectivity index (χ2v) is 8.97. The van der Waals surface area contributed by atoms with Crippen LogP contribution in [-0.4, -0.2) is 34.6 Å². The maximum Gasteiger partial charge on any atom is 0.242 e. The lowest BCUT2D eigenvalue weighted by Gasteiger charge is -2.29. The van der Waals surface area contributed by atoms with Gasteiger partial charge in [0.25, 0.3) is 0 Å². The van der Waals surface area contributed by atoms with Crippen LogP contribution in [0.3, 0.4) is 0 Å². The van der Waals surface area contributed by atoms with Crippen molar-refractivity contribution in [2.75, 3.05) is 5.75 Å². The Bertz CT molecular complexity index is 818. The third kappa shape index (κ3) is 7.52. The first kappa shape index (κ1) is 24.0. The molecule has 0 heterocycles. The van der Waals surface area contributed by atoms with Gasteiger partial charge in [0.05, 0.1) is 5.75 Å². The molecule has 0 saturated carbocycles. The van der Waals surface area contributed by atoms with Crippen LogP contribution in [0, 0.1) is 13.8 Å². The third-order valence-electron chi connectivity index (χ3n) is 5.26. The molecule has 4 nitrogen and oxygen atoms in total. The lowest BCUT2D eigenvalue weighted by Crippen LogP contribution is -2.50. The molecule has 0 saturated heterocycles. The van der Waals surface area contributed by atoms with E-state index in [1.165, 1.54) is 16.7 Å². The van der Waals surface area contributed by atoms with Crippen LogP contribution < -0.4 is 5.32 Å². The third-order valence-corrected chi connectivity index (χ3v) is 6.25. The number of hydrogen-bond donors (Lipinski definition) is 1. The molecule has 1 N–H and O–H groups in total. The number of carbonyl (C=O) groups excluding carboxylic acids is 2. The number of benzene rings is 2. The van der Waals surface area contributed by atoms with E-state index in [2.05, 4.69) is 36.5 Å². The summed E-state index contributed by atoms with van der Waals surface area (Å²) < 4.78 is 0. The normalized spacial score (nSPS) is 12.8. The molecule has 0 fully saturated rings. The van der Waals surface area contributed by atoms with Gasteiger partial charge in [-0.1, -0.05) is 66.6 Å². The lowest BCUT2D eigenvalue weighted by molar-refractivity contribution is -0.138. The second-order valence-electron chi connectivity index (χ2n) is 7.98. The maximum absolute atomic E-state index is 13.1. The molecule has 0 radical (unpaired) electrons. The summed E-state index contributed by atoms with van der Waals surface area (Å²) >= 11 is 1.59. The van der Waals surface area contributed by atoms with E-state index in [1.54, 1.807) is 16.7 Å². The van der Waals surface area contributed by atoms with E-state index >= 15 is 0 Å². The summed E-state index contributed by atoms with van der Waals surface area (Å²) in [6.45, 7) is 10.4. The summed E-state index contributed by atoms with van der Waals surface area (Å²) in [7, 11) is 0. The second kappa shape index (κ2) is 11.8. The highest BCUT2D eigenvalue weighted by atomic mass is 32.2. The van der Waals surface area contributed by atoms with Crippen LogP contribution >= 0.6 is 11.8 Å². The van der Waals surface area contributed by atoms with Gasteiger partial charge in [0.2, 0.25) is 11.8 Å². The van der Waals surface area contributed by atoms with Crippen molar-refractivity contribution >= 4 is 23.6 Å². The molecule has 0 bridgehead atoms. The van der Waals surface area contributed by atoms with Crippen molar-refractivity contribution in [3.05, 3.63) is 70.8 Å². The van der Waals surface area contributed by atoms with Crippen molar-refractivity contribution in [1.82, 2.24) is 10.2 Å². The zero-order valence-electron chi connectivity index (χ0n) is 18.8. The summed E-state index contributed by atoms with van der Waals surface area (Å²) in [5.74, 6) is 1.01. The Hall–Kier alpha value is -2.27. The summed E-state index contributed by atoms with van der Waals surface area (Å²) in [5.41, 5.74) is 4.63. The fourth-order valence-electron chi connectivity index (χ4n) is 2.96. The Labute approximate surface area is 185 Å². The summed E-state index contributed by atoms with van der Waals surface area (Å²) in [6.07, 6.45) is 0.858. The molecule has 0 aromatic heterocycles. The number of nitrogens with zero attached hydrogens (tertiary/aromatic N) is 1. The Kier molecular flexibility index (Phi) is 9.44. The van der Waals surface area contributed by atoms with Crippen molar-refractivity contribution in [3.63, 3.8) is 0 Å². The molecule has 2 amide bonds. The van der Waals surface area contributed by atoms with Gasteiger partial charge in [0.15, 0.2) is 0 Å². The summed E-state index contributed by atoms with van der Waals surface area (Å²) in [4.78, 5) is 27.5. The van der Waals surface area contributed by atoms with Crippen molar-refractivity contribution in [1.29, 1.82) is 0 Å². The molecule has 2 aromatic rings. The molecule has 0 aliphatic heterocycles. The molecule has 30 heavy (non-hydrogen) atoms. The van der Waals surface area contributed by atoms with E-state index in [-0.39, 0.29) is 17.9 Å². The van der Waals surface area contributed by atoms with Gasteiger partial charge in [-0.15, -0.1) is 11.8 Å². The van der Waals surface area contributed by atoms with E-state index in [1.807, 2.05) is 52.0 Å². The van der Waals surface area contributed by atoms with E-state index in [0.29, 0.717) is 12.3 Å². The van der Waals surface area contributed by atoms with E-state index in [0.717, 1.165) is 17.7 Å². The molecule has 0 spiro atoms. The number of rotatable bonds is 10. The monoisotopic (exact) mass is 426 g/mol. The largest absolute Gasteiger partial charge is 0.352 e. The van der Waals surface area contributed by atoms with Crippen LogP contribution in [0.25, 0.3) is 0 Å². The van der Waals surface area contributed by atoms with Crippen molar-refractivity contribution in [2.24, 2.45) is 0 Å². The highest BCUT2D eigenvalue weighted by Gasteiger charge is 2.26. The minimum absolute atomic E-state index is 0.0144. The predicted molar refractivity (Wildman–Crippen MR) is 126 cm³/mol. The highest BCUT2D eigenvalue weighted by Crippen LogP contribution is 2.17. The molecule has 5 heteroatoms. The fraction of sp³-hybridized carbons (Fsp3) is 0.440. The average molecular weight is 427 g/mol. The van der Waals surface area contributed by atoms with Gasteiger partial charge in [-0.25, -0.2) is 0 Å². The highest BCUT2D eigenvalue weighted by molar-refractivity contribution is 7.99. The van der Waals surface area contributed by atoms with Gasteiger partial charge in [-0.05, 0) is 45.2 Å². The number of carbonyl (C=O) groups is 2. The molecular formula is C25H34N2O2S. The molecular weight excluding hydrogens is 392 g/mol. The van der Waals surface area contributed by atoms with Crippen LogP contribution in [0.4, 0.5) is 0 Å². The predicted octanol–water partition coefficient (Wildman–Crippen LogP) is 4.87. The van der Waals surface area contributed by atoms with Crippen molar-refractivity contribution < 1.29 is 9.59 Å². The zero-order chi connectivity index (χ0) is 22.1. The molecule has 2 unspecified atom stereocenters. The van der Waals surface area contributed by atoms with Gasteiger partial charge in [-0.2, -0.15) is 0 Å². The van der Waals surface area contributed by atoms with Crippen LogP contribution in [0.1, 0.15) is 49.4 Å². The van der Waals surface area contributed by atoms with Crippen LogP contribution in [0.2, 0.25) is 0 Å². The number of aryl methyl sites for hydroxylation is 2. The molecule has 2 atom stereocenters. The quantitative estimate of drug-likeness (QED) is 0.590. The van der Waals surface area contributed by atoms with E-state index in [4.69, 9.17) is 0 Å². The van der Waals surface area contributed by atoms with Gasteiger partial charge in [0, 0.05) is 18.3 Å². The number of amides is 2. The van der Waals surface area contributed by atoms with Crippen molar-refractivity contribution in [2.45, 2.75) is 65.4 Å². The minimum atomic E-state index is -0.521. The Morgan fingerprint density at radius 2 is 1.47 bits per heavy atom. The smallest absolute Gasteiger partial charge is 0.242 e. The summed E-state index contributed by atoms with van der Waals surface area (Å²) in [6, 6.07) is 16.0. The minimum Gasteiger partial charge on any atom is -0.352 e. The fourth-order valence-corrected chi connectivity index (χ4v) is 3.83. The molecule has 0 aliphatic carbocycles. The SMILES string of the molecule is CCC(C)NC(=O)C(C)N(Cc1ccc(C)cc1)C(=O)CSCc1ccc(C)cc1. The zero-order valence-corrected chi connectivity index (χ0v) is 19.6. The molecule has 162 valence electrons. The Morgan fingerprint density at radius 1 is 0.933 bits per heavy atom. The Balaban J connectivity index is 2.06. The van der Waals surface area contributed by atoms with Gasteiger partial charge < -0.3 is 10.2 Å². The first-order valence-electron chi connectivity index (χ1n) is 10.6.